The number of nitrogens with zero attached hydrogens (tertiary/aromatic N) is 3. The lowest BCUT2D eigenvalue weighted by Gasteiger charge is -2.17. The Morgan fingerprint density at radius 1 is 1.00 bits per heavy atom. The highest BCUT2D eigenvalue weighted by molar-refractivity contribution is 5.99. The number of carbonyl (C=O) groups excluding carboxylic acids is 2. The molecule has 2 amide bonds. The zero-order valence-electron chi connectivity index (χ0n) is 20.0. The molecule has 5 N–H and O–H groups in total. The van der Waals surface area contributed by atoms with Gasteiger partial charge in [-0.15, -0.1) is 0 Å². The molecule has 0 bridgehead atoms. The summed E-state index contributed by atoms with van der Waals surface area (Å²) in [6.07, 6.45) is 2.98. The number of carboxylic acid groups (broad SMARTS) is 1. The first kappa shape index (κ1) is 26.1. The third-order valence-electron chi connectivity index (χ3n) is 5.30. The molecule has 3 aromatic rings. The fraction of sp³-hybridized carbons (Fsp3) is 0.280. The molecule has 0 radical (unpaired) electrons. The summed E-state index contributed by atoms with van der Waals surface area (Å²) in [6.45, 7) is 3.53. The molecule has 11 nitrogen and oxygen atoms in total. The van der Waals surface area contributed by atoms with E-state index in [1.54, 1.807) is 44.2 Å². The molecule has 2 aromatic heterocycles. The molecule has 2 heterocycles. The Hall–Kier alpha value is -4.54. The maximum absolute atomic E-state index is 12.9. The molecule has 0 aliphatic carbocycles. The van der Waals surface area contributed by atoms with E-state index >= 15 is 0 Å². The number of aromatic nitrogens is 3. The topological polar surface area (TPSA) is 166 Å². The van der Waals surface area contributed by atoms with E-state index in [0.29, 0.717) is 23.9 Å². The van der Waals surface area contributed by atoms with Crippen LogP contribution in [0.15, 0.2) is 48.7 Å². The van der Waals surface area contributed by atoms with Gasteiger partial charge in [0, 0.05) is 19.3 Å². The van der Waals surface area contributed by atoms with Crippen molar-refractivity contribution in [3.8, 4) is 5.75 Å². The third-order valence-corrected chi connectivity index (χ3v) is 5.30. The minimum Gasteiger partial charge on any atom is -0.508 e. The minimum atomic E-state index is -1.36. The summed E-state index contributed by atoms with van der Waals surface area (Å²) in [5.41, 5.74) is 2.09. The lowest BCUT2D eigenvalue weighted by Crippen LogP contribution is -2.48. The van der Waals surface area contributed by atoms with E-state index in [1.165, 1.54) is 12.3 Å². The maximum Gasteiger partial charge on any atom is 0.328 e. The van der Waals surface area contributed by atoms with E-state index in [9.17, 15) is 24.6 Å². The number of hydrogen-bond acceptors (Lipinski definition) is 8. The van der Waals surface area contributed by atoms with Gasteiger partial charge in [0.25, 0.3) is 11.8 Å². The fourth-order valence-electron chi connectivity index (χ4n) is 3.54. The second-order valence-electron chi connectivity index (χ2n) is 8.08. The molecule has 0 aliphatic rings. The quantitative estimate of drug-likeness (QED) is 0.251. The summed E-state index contributed by atoms with van der Waals surface area (Å²) >= 11 is 0. The first-order valence-electron chi connectivity index (χ1n) is 11.3. The summed E-state index contributed by atoms with van der Waals surface area (Å²) in [6, 6.07) is 10.5. The number of aromatic hydroxyl groups is 1. The SMILES string of the molecule is Cc1nc(NCCCc2cccc(O)c2)nc(C)c1C(=O)NC(CNC(=O)c1ccccn1)C(=O)O. The van der Waals surface area contributed by atoms with Gasteiger partial charge in [-0.2, -0.15) is 0 Å². The fourth-order valence-corrected chi connectivity index (χ4v) is 3.54. The van der Waals surface area contributed by atoms with E-state index in [4.69, 9.17) is 0 Å². The molecule has 0 aliphatic heterocycles. The Bertz CT molecular complexity index is 1210. The second kappa shape index (κ2) is 12.2. The maximum atomic E-state index is 12.9. The average Bonchev–Trinajstić information content (AvgIpc) is 2.84. The normalized spacial score (nSPS) is 11.4. The van der Waals surface area contributed by atoms with E-state index in [-0.39, 0.29) is 23.6 Å². The van der Waals surface area contributed by atoms with Crippen molar-refractivity contribution in [2.45, 2.75) is 32.7 Å². The highest BCUT2D eigenvalue weighted by Gasteiger charge is 2.24. The van der Waals surface area contributed by atoms with E-state index in [2.05, 4.69) is 30.9 Å². The summed E-state index contributed by atoms with van der Waals surface area (Å²) in [5.74, 6) is -1.92. The lowest BCUT2D eigenvalue weighted by molar-refractivity contribution is -0.139. The molecule has 188 valence electrons. The average molecular weight is 493 g/mol. The summed E-state index contributed by atoms with van der Waals surface area (Å²) in [5, 5.41) is 27.1. The van der Waals surface area contributed by atoms with Crippen LogP contribution in [-0.4, -0.2) is 62.1 Å². The Morgan fingerprint density at radius 3 is 2.39 bits per heavy atom. The number of hydrogen-bond donors (Lipinski definition) is 5. The summed E-state index contributed by atoms with van der Waals surface area (Å²) < 4.78 is 0. The van der Waals surface area contributed by atoms with Crippen LogP contribution in [0.25, 0.3) is 0 Å². The molecule has 0 fully saturated rings. The Kier molecular flexibility index (Phi) is 8.87. The summed E-state index contributed by atoms with van der Waals surface area (Å²) in [7, 11) is 0. The lowest BCUT2D eigenvalue weighted by atomic mass is 10.1. The number of nitrogens with one attached hydrogen (secondary N) is 3. The number of phenols is 1. The number of aliphatic carboxylic acids is 1. The van der Waals surface area contributed by atoms with Gasteiger partial charge in [0.15, 0.2) is 0 Å². The molecular formula is C25H28N6O5. The first-order valence-corrected chi connectivity index (χ1v) is 11.3. The van der Waals surface area contributed by atoms with Gasteiger partial charge < -0.3 is 26.2 Å². The largest absolute Gasteiger partial charge is 0.508 e. The number of amides is 2. The van der Waals surface area contributed by atoms with Crippen molar-refractivity contribution in [2.24, 2.45) is 0 Å². The van der Waals surface area contributed by atoms with Gasteiger partial charge in [0.1, 0.15) is 17.5 Å². The highest BCUT2D eigenvalue weighted by atomic mass is 16.4. The number of benzene rings is 1. The number of anilines is 1. The van der Waals surface area contributed by atoms with Crippen LogP contribution in [0.2, 0.25) is 0 Å². The van der Waals surface area contributed by atoms with Gasteiger partial charge in [-0.1, -0.05) is 18.2 Å². The monoisotopic (exact) mass is 492 g/mol. The molecule has 11 heteroatoms. The van der Waals surface area contributed by atoms with Crippen molar-refractivity contribution < 1.29 is 24.6 Å². The zero-order chi connectivity index (χ0) is 26.1. The van der Waals surface area contributed by atoms with Crippen molar-refractivity contribution in [2.75, 3.05) is 18.4 Å². The molecule has 36 heavy (non-hydrogen) atoms. The number of phenolic OH excluding ortho intramolecular Hbond substituents is 1. The number of pyridine rings is 1. The van der Waals surface area contributed by atoms with Crippen LogP contribution < -0.4 is 16.0 Å². The number of rotatable bonds is 11. The van der Waals surface area contributed by atoms with Crippen molar-refractivity contribution in [3.05, 3.63) is 76.9 Å². The highest BCUT2D eigenvalue weighted by Crippen LogP contribution is 2.15. The summed E-state index contributed by atoms with van der Waals surface area (Å²) in [4.78, 5) is 49.3. The van der Waals surface area contributed by atoms with Crippen LogP contribution in [0.3, 0.4) is 0 Å². The first-order chi connectivity index (χ1) is 17.2. The molecule has 3 rings (SSSR count). The molecule has 1 unspecified atom stereocenters. The Balaban J connectivity index is 1.57. The van der Waals surface area contributed by atoms with Gasteiger partial charge in [-0.3, -0.25) is 14.6 Å². The van der Waals surface area contributed by atoms with E-state index in [0.717, 1.165) is 18.4 Å². The van der Waals surface area contributed by atoms with Crippen molar-refractivity contribution in [1.29, 1.82) is 0 Å². The zero-order valence-corrected chi connectivity index (χ0v) is 20.0. The van der Waals surface area contributed by atoms with Crippen LogP contribution in [0.1, 0.15) is 44.2 Å². The van der Waals surface area contributed by atoms with Crippen LogP contribution in [0, 0.1) is 13.8 Å². The molecule has 0 saturated carbocycles. The number of carbonyl (C=O) groups is 3. The Labute approximate surface area is 208 Å². The van der Waals surface area contributed by atoms with Gasteiger partial charge in [-0.05, 0) is 56.5 Å². The van der Waals surface area contributed by atoms with Crippen LogP contribution in [0.4, 0.5) is 5.95 Å². The molecule has 1 aromatic carbocycles. The predicted molar refractivity (Wildman–Crippen MR) is 132 cm³/mol. The smallest absolute Gasteiger partial charge is 0.328 e. The van der Waals surface area contributed by atoms with E-state index < -0.39 is 23.8 Å². The van der Waals surface area contributed by atoms with Crippen molar-refractivity contribution >= 4 is 23.7 Å². The van der Waals surface area contributed by atoms with Gasteiger partial charge >= 0.3 is 5.97 Å². The van der Waals surface area contributed by atoms with Gasteiger partial charge in [0.2, 0.25) is 5.95 Å². The standard InChI is InChI=1S/C25H28N6O5/c1-15-21(16(2)30-25(29-15)27-12-6-8-17-7-5-9-18(32)13-17)23(34)31-20(24(35)36)14-28-22(33)19-10-3-4-11-26-19/h3-5,7,9-11,13,20,32H,6,8,12,14H2,1-2H3,(H,28,33)(H,31,34)(H,35,36)(H,27,29,30). The second-order valence-corrected chi connectivity index (χ2v) is 8.08. The molecule has 0 saturated heterocycles. The third kappa shape index (κ3) is 7.23. The minimum absolute atomic E-state index is 0.137. The van der Waals surface area contributed by atoms with Crippen LogP contribution in [-0.2, 0) is 11.2 Å². The molecular weight excluding hydrogens is 464 g/mol. The molecule has 0 spiro atoms. The van der Waals surface area contributed by atoms with Crippen LogP contribution >= 0.6 is 0 Å². The number of aryl methyl sites for hydroxylation is 3. The van der Waals surface area contributed by atoms with Crippen molar-refractivity contribution in [3.63, 3.8) is 0 Å². The molecule has 1 atom stereocenters. The van der Waals surface area contributed by atoms with Gasteiger partial charge in [-0.25, -0.2) is 14.8 Å². The van der Waals surface area contributed by atoms with Gasteiger partial charge in [0.05, 0.1) is 17.0 Å². The number of carboxylic acids is 1. The van der Waals surface area contributed by atoms with Crippen molar-refractivity contribution in [1.82, 2.24) is 25.6 Å². The predicted octanol–water partition coefficient (Wildman–Crippen LogP) is 1.85. The van der Waals surface area contributed by atoms with Crippen LogP contribution in [0.5, 0.6) is 5.75 Å². The Morgan fingerprint density at radius 2 is 1.75 bits per heavy atom. The van der Waals surface area contributed by atoms with E-state index in [1.807, 2.05) is 6.07 Å².